The summed E-state index contributed by atoms with van der Waals surface area (Å²) in [6.45, 7) is 6.87. The minimum atomic E-state index is -0.511. The van der Waals surface area contributed by atoms with Crippen LogP contribution >= 0.6 is 0 Å². The molecule has 1 rings (SSSR count). The highest BCUT2D eigenvalue weighted by molar-refractivity contribution is 4.95. The molecule has 1 aliphatic rings. The van der Waals surface area contributed by atoms with Gasteiger partial charge >= 0.3 is 0 Å². The first-order valence-electron chi connectivity index (χ1n) is 6.05. The molecule has 1 aliphatic carbocycles. The molecule has 3 N–H and O–H groups in total. The predicted octanol–water partition coefficient (Wildman–Crippen LogP) is 0.667. The van der Waals surface area contributed by atoms with E-state index in [1.165, 1.54) is 0 Å². The lowest BCUT2D eigenvalue weighted by Gasteiger charge is -2.41. The van der Waals surface area contributed by atoms with E-state index in [4.69, 9.17) is 4.74 Å². The molecule has 1 saturated carbocycles. The molecule has 4 heteroatoms. The molecule has 96 valence electrons. The van der Waals surface area contributed by atoms with E-state index in [-0.39, 0.29) is 17.7 Å². The van der Waals surface area contributed by atoms with Gasteiger partial charge in [0.25, 0.3) is 0 Å². The second kappa shape index (κ2) is 5.45. The van der Waals surface area contributed by atoms with Crippen LogP contribution in [-0.4, -0.2) is 47.2 Å². The number of nitrogens with one attached hydrogen (secondary N) is 1. The standard InChI is InChI=1S/C12H25NO3/c1-11(2,3)16-8-10(15)7-13-12(9-14)5-4-6-12/h10,13-15H,4-9H2,1-3H3. The Kier molecular flexibility index (Phi) is 4.73. The van der Waals surface area contributed by atoms with Crippen molar-refractivity contribution >= 4 is 0 Å². The summed E-state index contributed by atoms with van der Waals surface area (Å²) >= 11 is 0. The topological polar surface area (TPSA) is 61.7 Å². The quantitative estimate of drug-likeness (QED) is 0.628. The van der Waals surface area contributed by atoms with Crippen molar-refractivity contribution in [2.24, 2.45) is 0 Å². The molecule has 0 aliphatic heterocycles. The van der Waals surface area contributed by atoms with Gasteiger partial charge in [-0.1, -0.05) is 0 Å². The van der Waals surface area contributed by atoms with Crippen LogP contribution in [0.25, 0.3) is 0 Å². The monoisotopic (exact) mass is 231 g/mol. The molecule has 0 heterocycles. The molecule has 0 spiro atoms. The van der Waals surface area contributed by atoms with Crippen molar-refractivity contribution in [3.63, 3.8) is 0 Å². The van der Waals surface area contributed by atoms with Gasteiger partial charge in [0, 0.05) is 12.1 Å². The Balaban J connectivity index is 2.17. The number of ether oxygens (including phenoxy) is 1. The molecule has 1 unspecified atom stereocenters. The van der Waals surface area contributed by atoms with E-state index in [0.29, 0.717) is 13.2 Å². The molecule has 1 fully saturated rings. The smallest absolute Gasteiger partial charge is 0.0898 e. The summed E-state index contributed by atoms with van der Waals surface area (Å²) in [7, 11) is 0. The fourth-order valence-corrected chi connectivity index (χ4v) is 1.73. The van der Waals surface area contributed by atoms with Gasteiger partial charge in [-0.05, 0) is 40.0 Å². The molecule has 1 atom stereocenters. The Morgan fingerprint density at radius 1 is 1.38 bits per heavy atom. The largest absolute Gasteiger partial charge is 0.394 e. The van der Waals surface area contributed by atoms with Crippen LogP contribution < -0.4 is 5.32 Å². The summed E-state index contributed by atoms with van der Waals surface area (Å²) in [6, 6.07) is 0. The van der Waals surface area contributed by atoms with Gasteiger partial charge < -0.3 is 20.3 Å². The third-order valence-corrected chi connectivity index (χ3v) is 3.03. The van der Waals surface area contributed by atoms with E-state index in [1.54, 1.807) is 0 Å². The van der Waals surface area contributed by atoms with Crippen molar-refractivity contribution in [1.29, 1.82) is 0 Å². The van der Waals surface area contributed by atoms with Crippen LogP contribution in [0.1, 0.15) is 40.0 Å². The molecule has 4 nitrogen and oxygen atoms in total. The zero-order valence-electron chi connectivity index (χ0n) is 10.6. The van der Waals surface area contributed by atoms with Crippen LogP contribution in [0.3, 0.4) is 0 Å². The average Bonchev–Trinajstić information content (AvgIpc) is 2.13. The third-order valence-electron chi connectivity index (χ3n) is 3.03. The molecule has 0 radical (unpaired) electrons. The summed E-state index contributed by atoms with van der Waals surface area (Å²) < 4.78 is 5.49. The third kappa shape index (κ3) is 4.37. The van der Waals surface area contributed by atoms with Crippen molar-refractivity contribution in [3.8, 4) is 0 Å². The molecule has 0 amide bonds. The van der Waals surface area contributed by atoms with Crippen LogP contribution in [0.15, 0.2) is 0 Å². The Hall–Kier alpha value is -0.160. The Labute approximate surface area is 98.0 Å². The SMILES string of the molecule is CC(C)(C)OCC(O)CNC1(CO)CCC1. The second-order valence-corrected chi connectivity index (χ2v) is 5.75. The number of aliphatic hydroxyl groups is 2. The zero-order valence-corrected chi connectivity index (χ0v) is 10.6. The van der Waals surface area contributed by atoms with E-state index >= 15 is 0 Å². The van der Waals surface area contributed by atoms with Gasteiger partial charge in [0.2, 0.25) is 0 Å². The maximum Gasteiger partial charge on any atom is 0.0898 e. The molecule has 0 saturated heterocycles. The summed E-state index contributed by atoms with van der Waals surface area (Å²) in [5, 5.41) is 22.2. The maximum atomic E-state index is 9.72. The first-order chi connectivity index (χ1) is 7.37. The lowest BCUT2D eigenvalue weighted by molar-refractivity contribution is -0.0519. The van der Waals surface area contributed by atoms with Crippen LogP contribution in [-0.2, 0) is 4.74 Å². The Morgan fingerprint density at radius 3 is 2.38 bits per heavy atom. The van der Waals surface area contributed by atoms with Crippen molar-refractivity contribution in [2.75, 3.05) is 19.8 Å². The van der Waals surface area contributed by atoms with Gasteiger partial charge in [0.15, 0.2) is 0 Å². The van der Waals surface area contributed by atoms with Crippen molar-refractivity contribution in [1.82, 2.24) is 5.32 Å². The van der Waals surface area contributed by atoms with Crippen LogP contribution in [0.5, 0.6) is 0 Å². The Bertz CT molecular complexity index is 203. The molecule has 0 aromatic carbocycles. The number of β-amino-alcohol motifs (C(OH)–C–C–N with tert-alkyl or cyclic N) is 1. The highest BCUT2D eigenvalue weighted by Crippen LogP contribution is 2.30. The summed E-state index contributed by atoms with van der Waals surface area (Å²) in [5.41, 5.74) is -0.352. The predicted molar refractivity (Wildman–Crippen MR) is 63.4 cm³/mol. The van der Waals surface area contributed by atoms with Gasteiger partial charge in [0.1, 0.15) is 0 Å². The summed E-state index contributed by atoms with van der Waals surface area (Å²) in [6.07, 6.45) is 2.64. The van der Waals surface area contributed by atoms with Gasteiger partial charge in [0.05, 0.1) is 24.9 Å². The Morgan fingerprint density at radius 2 is 2.00 bits per heavy atom. The number of aliphatic hydroxyl groups excluding tert-OH is 2. The molecule has 0 aromatic heterocycles. The summed E-state index contributed by atoms with van der Waals surface area (Å²) in [5.74, 6) is 0. The number of hydrogen-bond acceptors (Lipinski definition) is 4. The van der Waals surface area contributed by atoms with Crippen LogP contribution in [0.2, 0.25) is 0 Å². The first kappa shape index (κ1) is 13.9. The molecule has 0 aromatic rings. The average molecular weight is 231 g/mol. The fraction of sp³-hybridized carbons (Fsp3) is 1.00. The minimum Gasteiger partial charge on any atom is -0.394 e. The van der Waals surface area contributed by atoms with Crippen molar-refractivity contribution in [2.45, 2.75) is 57.3 Å². The fourth-order valence-electron chi connectivity index (χ4n) is 1.73. The van der Waals surface area contributed by atoms with Gasteiger partial charge in [-0.25, -0.2) is 0 Å². The van der Waals surface area contributed by atoms with E-state index in [2.05, 4.69) is 5.32 Å². The van der Waals surface area contributed by atoms with E-state index < -0.39 is 6.10 Å². The maximum absolute atomic E-state index is 9.72. The molecular formula is C12H25NO3. The van der Waals surface area contributed by atoms with Gasteiger partial charge in [-0.2, -0.15) is 0 Å². The van der Waals surface area contributed by atoms with E-state index in [0.717, 1.165) is 19.3 Å². The van der Waals surface area contributed by atoms with Crippen LogP contribution in [0.4, 0.5) is 0 Å². The van der Waals surface area contributed by atoms with Crippen molar-refractivity contribution < 1.29 is 14.9 Å². The number of rotatable bonds is 6. The minimum absolute atomic E-state index is 0.136. The highest BCUT2D eigenvalue weighted by Gasteiger charge is 2.36. The second-order valence-electron chi connectivity index (χ2n) is 5.75. The molecular weight excluding hydrogens is 206 g/mol. The molecule has 16 heavy (non-hydrogen) atoms. The van der Waals surface area contributed by atoms with Crippen LogP contribution in [0, 0.1) is 0 Å². The number of hydrogen-bond donors (Lipinski definition) is 3. The summed E-state index contributed by atoms with van der Waals surface area (Å²) in [4.78, 5) is 0. The first-order valence-corrected chi connectivity index (χ1v) is 6.05. The van der Waals surface area contributed by atoms with Gasteiger partial charge in [-0.3, -0.25) is 0 Å². The van der Waals surface area contributed by atoms with Gasteiger partial charge in [-0.15, -0.1) is 0 Å². The zero-order chi connectivity index (χ0) is 12.2. The lowest BCUT2D eigenvalue weighted by Crippen LogP contribution is -2.56. The van der Waals surface area contributed by atoms with E-state index in [1.807, 2.05) is 20.8 Å². The van der Waals surface area contributed by atoms with Crippen molar-refractivity contribution in [3.05, 3.63) is 0 Å². The lowest BCUT2D eigenvalue weighted by atomic mass is 9.77. The normalized spacial score (nSPS) is 21.6. The highest BCUT2D eigenvalue weighted by atomic mass is 16.5. The molecule has 0 bridgehead atoms. The van der Waals surface area contributed by atoms with E-state index in [9.17, 15) is 10.2 Å².